The van der Waals surface area contributed by atoms with Crippen LogP contribution in [0.5, 0.6) is 0 Å². The zero-order chi connectivity index (χ0) is 12.0. The molecule has 16 heavy (non-hydrogen) atoms. The third-order valence-electron chi connectivity index (χ3n) is 2.94. The van der Waals surface area contributed by atoms with Gasteiger partial charge in [0.25, 0.3) is 0 Å². The van der Waals surface area contributed by atoms with Crippen LogP contribution in [0.25, 0.3) is 0 Å². The lowest BCUT2D eigenvalue weighted by atomic mass is 9.95. The lowest BCUT2D eigenvalue weighted by Crippen LogP contribution is -2.42. The highest BCUT2D eigenvalue weighted by Gasteiger charge is 2.30. The summed E-state index contributed by atoms with van der Waals surface area (Å²) in [5.41, 5.74) is 0. The molecule has 1 saturated carbocycles. The van der Waals surface area contributed by atoms with Gasteiger partial charge in [-0.1, -0.05) is 25.2 Å². The minimum Gasteiger partial charge on any atom is -0.481 e. The Morgan fingerprint density at radius 3 is 2.62 bits per heavy atom. The van der Waals surface area contributed by atoms with Crippen LogP contribution in [0.4, 0.5) is 0 Å². The van der Waals surface area contributed by atoms with E-state index < -0.39 is 11.9 Å². The first-order chi connectivity index (χ1) is 7.65. The van der Waals surface area contributed by atoms with E-state index in [0.717, 1.165) is 25.7 Å². The number of carboxylic acid groups (broad SMARTS) is 1. The van der Waals surface area contributed by atoms with Crippen LogP contribution < -0.4 is 5.32 Å². The Kier molecular flexibility index (Phi) is 4.84. The summed E-state index contributed by atoms with van der Waals surface area (Å²) in [5, 5.41) is 11.8. The molecule has 0 aromatic heterocycles. The van der Waals surface area contributed by atoms with E-state index in [1.54, 1.807) is 0 Å². The smallest absolute Gasteiger partial charge is 0.308 e. The minimum atomic E-state index is -0.826. The normalized spacial score (nSPS) is 25.2. The number of rotatable bonds is 3. The molecule has 88 valence electrons. The molecule has 1 amide bonds. The highest BCUT2D eigenvalue weighted by molar-refractivity contribution is 5.80. The van der Waals surface area contributed by atoms with Crippen molar-refractivity contribution in [2.45, 2.75) is 44.6 Å². The zero-order valence-electron chi connectivity index (χ0n) is 9.24. The van der Waals surface area contributed by atoms with E-state index >= 15 is 0 Å². The van der Waals surface area contributed by atoms with Crippen LogP contribution in [0.2, 0.25) is 0 Å². The lowest BCUT2D eigenvalue weighted by Gasteiger charge is -2.22. The molecule has 0 aromatic carbocycles. The average molecular weight is 223 g/mol. The second kappa shape index (κ2) is 6.16. The third kappa shape index (κ3) is 3.58. The van der Waals surface area contributed by atoms with Gasteiger partial charge < -0.3 is 10.4 Å². The van der Waals surface area contributed by atoms with Crippen LogP contribution in [-0.4, -0.2) is 23.0 Å². The fourth-order valence-corrected chi connectivity index (χ4v) is 2.13. The first-order valence-electron chi connectivity index (χ1n) is 5.60. The molecule has 0 aromatic rings. The summed E-state index contributed by atoms with van der Waals surface area (Å²) >= 11 is 0. The van der Waals surface area contributed by atoms with Crippen molar-refractivity contribution >= 4 is 11.9 Å². The molecule has 1 aliphatic carbocycles. The molecule has 0 radical (unpaired) electrons. The minimum absolute atomic E-state index is 0.0167. The Morgan fingerprint density at radius 2 is 2.00 bits per heavy atom. The number of hydrogen-bond acceptors (Lipinski definition) is 2. The van der Waals surface area contributed by atoms with Crippen LogP contribution in [0, 0.1) is 18.3 Å². The molecule has 1 rings (SSSR count). The van der Waals surface area contributed by atoms with Crippen molar-refractivity contribution in [2.75, 3.05) is 0 Å². The summed E-state index contributed by atoms with van der Waals surface area (Å²) in [4.78, 5) is 22.4. The molecule has 1 fully saturated rings. The number of amides is 1. The van der Waals surface area contributed by atoms with E-state index in [9.17, 15) is 9.59 Å². The van der Waals surface area contributed by atoms with Crippen molar-refractivity contribution in [3.05, 3.63) is 0 Å². The molecule has 0 spiro atoms. The van der Waals surface area contributed by atoms with E-state index in [4.69, 9.17) is 11.5 Å². The summed E-state index contributed by atoms with van der Waals surface area (Å²) < 4.78 is 0. The largest absolute Gasteiger partial charge is 0.481 e. The Balaban J connectivity index is 2.61. The number of hydrogen-bond donors (Lipinski definition) is 2. The topological polar surface area (TPSA) is 66.4 Å². The summed E-state index contributed by atoms with van der Waals surface area (Å²) in [5.74, 6) is 0.714. The summed E-state index contributed by atoms with van der Waals surface area (Å²) in [6, 6.07) is -0.263. The highest BCUT2D eigenvalue weighted by Crippen LogP contribution is 2.23. The Hall–Kier alpha value is -1.50. The van der Waals surface area contributed by atoms with Crippen LogP contribution >= 0.6 is 0 Å². The van der Waals surface area contributed by atoms with Gasteiger partial charge in [0.1, 0.15) is 0 Å². The number of terminal acetylenes is 1. The van der Waals surface area contributed by atoms with Gasteiger partial charge in [-0.3, -0.25) is 9.59 Å². The maximum atomic E-state index is 11.3. The molecule has 0 heterocycles. The molecule has 0 aliphatic heterocycles. The van der Waals surface area contributed by atoms with Gasteiger partial charge in [0.2, 0.25) is 5.91 Å². The quantitative estimate of drug-likeness (QED) is 0.557. The summed E-state index contributed by atoms with van der Waals surface area (Å²) in [6.07, 6.45) is 9.33. The van der Waals surface area contributed by atoms with E-state index in [0.29, 0.717) is 6.42 Å². The van der Waals surface area contributed by atoms with Crippen LogP contribution in [0.3, 0.4) is 0 Å². The van der Waals surface area contributed by atoms with Crippen LogP contribution in [0.1, 0.15) is 38.5 Å². The van der Waals surface area contributed by atoms with Gasteiger partial charge in [-0.15, -0.1) is 6.42 Å². The average Bonchev–Trinajstić information content (AvgIpc) is 2.43. The molecule has 2 atom stereocenters. The van der Waals surface area contributed by atoms with E-state index in [1.165, 1.54) is 0 Å². The number of carbonyl (C=O) groups is 2. The van der Waals surface area contributed by atoms with Crippen molar-refractivity contribution in [3.63, 3.8) is 0 Å². The predicted molar refractivity (Wildman–Crippen MR) is 59.6 cm³/mol. The number of aliphatic carboxylic acids is 1. The Labute approximate surface area is 95.4 Å². The van der Waals surface area contributed by atoms with Crippen molar-refractivity contribution in [1.29, 1.82) is 0 Å². The summed E-state index contributed by atoms with van der Waals surface area (Å²) in [6.45, 7) is 0. The van der Waals surface area contributed by atoms with Gasteiger partial charge in [-0.05, 0) is 12.8 Å². The highest BCUT2D eigenvalue weighted by atomic mass is 16.4. The van der Waals surface area contributed by atoms with Gasteiger partial charge in [-0.25, -0.2) is 0 Å². The molecule has 0 saturated heterocycles. The fraction of sp³-hybridized carbons (Fsp3) is 0.667. The standard InChI is InChI=1S/C12H17NO3/c1-2-6-11(14)13-10-8-5-3-4-7-9(10)12(15)16/h1,9-10H,3-8H2,(H,13,14)(H,15,16). The van der Waals surface area contributed by atoms with Crippen LogP contribution in [0.15, 0.2) is 0 Å². The number of nitrogens with one attached hydrogen (secondary N) is 1. The summed E-state index contributed by atoms with van der Waals surface area (Å²) in [7, 11) is 0. The maximum Gasteiger partial charge on any atom is 0.308 e. The molecule has 4 heteroatoms. The van der Waals surface area contributed by atoms with Crippen molar-refractivity contribution < 1.29 is 14.7 Å². The molecule has 0 bridgehead atoms. The molecule has 4 nitrogen and oxygen atoms in total. The second-order valence-corrected chi connectivity index (χ2v) is 4.14. The fourth-order valence-electron chi connectivity index (χ4n) is 2.13. The van der Waals surface area contributed by atoms with E-state index in [2.05, 4.69) is 11.2 Å². The lowest BCUT2D eigenvalue weighted by molar-refractivity contribution is -0.143. The Morgan fingerprint density at radius 1 is 1.31 bits per heavy atom. The molecule has 2 unspecified atom stereocenters. The molecule has 2 N–H and O–H groups in total. The van der Waals surface area contributed by atoms with E-state index in [-0.39, 0.29) is 18.4 Å². The number of carboxylic acids is 1. The number of carbonyl (C=O) groups excluding carboxylic acids is 1. The van der Waals surface area contributed by atoms with Gasteiger partial charge >= 0.3 is 5.97 Å². The van der Waals surface area contributed by atoms with E-state index in [1.807, 2.05) is 0 Å². The monoisotopic (exact) mass is 223 g/mol. The van der Waals surface area contributed by atoms with Crippen molar-refractivity contribution in [2.24, 2.45) is 5.92 Å². The van der Waals surface area contributed by atoms with Crippen LogP contribution in [-0.2, 0) is 9.59 Å². The van der Waals surface area contributed by atoms with Crippen molar-refractivity contribution in [1.82, 2.24) is 5.32 Å². The SMILES string of the molecule is C#CCC(=O)NC1CCCCCC1C(=O)O. The third-order valence-corrected chi connectivity index (χ3v) is 2.94. The molecular formula is C12H17NO3. The van der Waals surface area contributed by atoms with Crippen molar-refractivity contribution in [3.8, 4) is 12.3 Å². The first-order valence-corrected chi connectivity index (χ1v) is 5.60. The zero-order valence-corrected chi connectivity index (χ0v) is 9.24. The van der Waals surface area contributed by atoms with Gasteiger partial charge in [0.15, 0.2) is 0 Å². The molecular weight excluding hydrogens is 206 g/mol. The second-order valence-electron chi connectivity index (χ2n) is 4.14. The first kappa shape index (κ1) is 12.6. The maximum absolute atomic E-state index is 11.3. The predicted octanol–water partition coefficient (Wildman–Crippen LogP) is 1.16. The van der Waals surface area contributed by atoms with Gasteiger partial charge in [-0.2, -0.15) is 0 Å². The van der Waals surface area contributed by atoms with Gasteiger partial charge in [0.05, 0.1) is 12.3 Å². The van der Waals surface area contributed by atoms with Gasteiger partial charge in [0, 0.05) is 6.04 Å². The molecule has 1 aliphatic rings. The Bertz CT molecular complexity index is 306.